The Morgan fingerprint density at radius 1 is 1.39 bits per heavy atom. The van der Waals surface area contributed by atoms with Gasteiger partial charge in [0.05, 0.1) is 6.61 Å². The number of aliphatic hydroxyl groups excluding tert-OH is 1. The molecule has 0 aromatic heterocycles. The minimum atomic E-state index is -0.186. The maximum atomic E-state index is 13.8. The number of nitrogens with two attached hydrogens (primary N) is 1. The Labute approximate surface area is 107 Å². The molecule has 0 unspecified atom stereocenters. The van der Waals surface area contributed by atoms with Gasteiger partial charge < -0.3 is 10.8 Å². The van der Waals surface area contributed by atoms with Gasteiger partial charge in [-0.3, -0.25) is 4.90 Å². The van der Waals surface area contributed by atoms with Crippen molar-refractivity contribution >= 4 is 0 Å². The molecule has 1 saturated carbocycles. The fraction of sp³-hybridized carbons (Fsp3) is 0.571. The standard InChI is InChI=1S/C14H21FN2O/c15-14-5-4-11(9-16)8-12(14)10-17(6-7-18)13-2-1-3-13/h4-5,8,13,18H,1-3,6-7,9-10,16H2. The molecule has 0 radical (unpaired) electrons. The molecule has 1 aromatic rings. The molecule has 0 atom stereocenters. The lowest BCUT2D eigenvalue weighted by Gasteiger charge is -2.37. The molecule has 0 amide bonds. The van der Waals surface area contributed by atoms with Crippen LogP contribution in [0.15, 0.2) is 18.2 Å². The smallest absolute Gasteiger partial charge is 0.127 e. The molecule has 1 aliphatic rings. The molecule has 0 bridgehead atoms. The molecule has 3 nitrogen and oxygen atoms in total. The minimum Gasteiger partial charge on any atom is -0.395 e. The number of aliphatic hydroxyl groups is 1. The third-order valence-electron chi connectivity index (χ3n) is 3.70. The summed E-state index contributed by atoms with van der Waals surface area (Å²) in [4.78, 5) is 2.17. The average Bonchev–Trinajstić information content (AvgIpc) is 2.30. The van der Waals surface area contributed by atoms with Crippen molar-refractivity contribution in [2.24, 2.45) is 5.73 Å². The first-order chi connectivity index (χ1) is 8.74. The summed E-state index contributed by atoms with van der Waals surface area (Å²) in [6.07, 6.45) is 3.54. The van der Waals surface area contributed by atoms with Gasteiger partial charge in [-0.1, -0.05) is 18.6 Å². The van der Waals surface area contributed by atoms with E-state index in [1.807, 2.05) is 6.07 Å². The minimum absolute atomic E-state index is 0.120. The Balaban J connectivity index is 2.09. The fourth-order valence-electron chi connectivity index (χ4n) is 2.37. The number of hydrogen-bond acceptors (Lipinski definition) is 3. The molecular formula is C14H21FN2O. The zero-order valence-electron chi connectivity index (χ0n) is 10.6. The number of hydrogen-bond donors (Lipinski definition) is 2. The van der Waals surface area contributed by atoms with Crippen LogP contribution in [-0.2, 0) is 13.1 Å². The molecule has 1 aliphatic carbocycles. The number of benzene rings is 1. The Kier molecular flexibility index (Phi) is 4.69. The summed E-state index contributed by atoms with van der Waals surface area (Å²) in [6.45, 7) is 1.72. The molecule has 3 N–H and O–H groups in total. The summed E-state index contributed by atoms with van der Waals surface area (Å²) in [7, 11) is 0. The molecule has 4 heteroatoms. The summed E-state index contributed by atoms with van der Waals surface area (Å²) < 4.78 is 13.8. The van der Waals surface area contributed by atoms with Gasteiger partial charge in [0.25, 0.3) is 0 Å². The molecule has 0 heterocycles. The molecular weight excluding hydrogens is 231 g/mol. The molecule has 1 aromatic carbocycles. The van der Waals surface area contributed by atoms with E-state index in [-0.39, 0.29) is 12.4 Å². The van der Waals surface area contributed by atoms with Crippen LogP contribution in [0.1, 0.15) is 30.4 Å². The first kappa shape index (κ1) is 13.5. The Bertz CT molecular complexity index is 393. The van der Waals surface area contributed by atoms with Gasteiger partial charge in [-0.25, -0.2) is 4.39 Å². The summed E-state index contributed by atoms with van der Waals surface area (Å²) in [5.41, 5.74) is 7.21. The lowest BCUT2D eigenvalue weighted by molar-refractivity contribution is 0.0934. The van der Waals surface area contributed by atoms with Crippen molar-refractivity contribution in [2.75, 3.05) is 13.2 Å². The van der Waals surface area contributed by atoms with Gasteiger partial charge in [0, 0.05) is 31.2 Å². The van der Waals surface area contributed by atoms with Crippen LogP contribution in [0.25, 0.3) is 0 Å². The van der Waals surface area contributed by atoms with E-state index in [2.05, 4.69) is 4.90 Å². The predicted molar refractivity (Wildman–Crippen MR) is 69.4 cm³/mol. The van der Waals surface area contributed by atoms with Gasteiger partial charge in [-0.2, -0.15) is 0 Å². The van der Waals surface area contributed by atoms with Crippen molar-refractivity contribution in [1.82, 2.24) is 4.90 Å². The fourth-order valence-corrected chi connectivity index (χ4v) is 2.37. The summed E-state index contributed by atoms with van der Waals surface area (Å²) >= 11 is 0. The maximum Gasteiger partial charge on any atom is 0.127 e. The van der Waals surface area contributed by atoms with Crippen molar-refractivity contribution in [3.63, 3.8) is 0 Å². The van der Waals surface area contributed by atoms with E-state index in [0.717, 1.165) is 18.4 Å². The van der Waals surface area contributed by atoms with Crippen LogP contribution in [-0.4, -0.2) is 29.2 Å². The Morgan fingerprint density at radius 2 is 2.17 bits per heavy atom. The predicted octanol–water partition coefficient (Wildman–Crippen LogP) is 1.63. The van der Waals surface area contributed by atoms with Gasteiger partial charge in [0.2, 0.25) is 0 Å². The zero-order valence-corrected chi connectivity index (χ0v) is 10.6. The largest absolute Gasteiger partial charge is 0.395 e. The van der Waals surface area contributed by atoms with E-state index < -0.39 is 0 Å². The van der Waals surface area contributed by atoms with Crippen molar-refractivity contribution in [1.29, 1.82) is 0 Å². The van der Waals surface area contributed by atoms with Crippen molar-refractivity contribution in [2.45, 2.75) is 38.4 Å². The van der Waals surface area contributed by atoms with Crippen molar-refractivity contribution in [3.8, 4) is 0 Å². The second kappa shape index (κ2) is 6.27. The first-order valence-corrected chi connectivity index (χ1v) is 6.57. The summed E-state index contributed by atoms with van der Waals surface area (Å²) in [5.74, 6) is -0.186. The molecule has 1 fully saturated rings. The van der Waals surface area contributed by atoms with Crippen LogP contribution in [0.3, 0.4) is 0 Å². The molecule has 18 heavy (non-hydrogen) atoms. The number of nitrogens with zero attached hydrogens (tertiary/aromatic N) is 1. The Hall–Kier alpha value is -0.970. The van der Waals surface area contributed by atoms with E-state index in [9.17, 15) is 4.39 Å². The quantitative estimate of drug-likeness (QED) is 0.809. The van der Waals surface area contributed by atoms with E-state index in [1.165, 1.54) is 12.5 Å². The molecule has 0 aliphatic heterocycles. The van der Waals surface area contributed by atoms with E-state index in [1.54, 1.807) is 6.07 Å². The SMILES string of the molecule is NCc1ccc(F)c(CN(CCO)C2CCC2)c1. The Morgan fingerprint density at radius 3 is 2.72 bits per heavy atom. The zero-order chi connectivity index (χ0) is 13.0. The van der Waals surface area contributed by atoms with Crippen molar-refractivity contribution in [3.05, 3.63) is 35.1 Å². The second-order valence-corrected chi connectivity index (χ2v) is 4.91. The van der Waals surface area contributed by atoms with Crippen LogP contribution in [0.4, 0.5) is 4.39 Å². The molecule has 100 valence electrons. The van der Waals surface area contributed by atoms with Crippen molar-refractivity contribution < 1.29 is 9.50 Å². The van der Waals surface area contributed by atoms with Gasteiger partial charge in [-0.15, -0.1) is 0 Å². The molecule has 0 saturated heterocycles. The summed E-state index contributed by atoms with van der Waals surface area (Å²) in [5, 5.41) is 9.10. The highest BCUT2D eigenvalue weighted by Gasteiger charge is 2.25. The third-order valence-corrected chi connectivity index (χ3v) is 3.70. The van der Waals surface area contributed by atoms with Gasteiger partial charge in [0.15, 0.2) is 0 Å². The number of rotatable bonds is 6. The topological polar surface area (TPSA) is 49.5 Å². The highest BCUT2D eigenvalue weighted by Crippen LogP contribution is 2.26. The molecule has 0 spiro atoms. The van der Waals surface area contributed by atoms with Crippen LogP contribution in [0, 0.1) is 5.82 Å². The first-order valence-electron chi connectivity index (χ1n) is 6.57. The maximum absolute atomic E-state index is 13.8. The lowest BCUT2D eigenvalue weighted by atomic mass is 9.91. The average molecular weight is 252 g/mol. The van der Waals surface area contributed by atoms with E-state index in [0.29, 0.717) is 31.2 Å². The van der Waals surface area contributed by atoms with Gasteiger partial charge >= 0.3 is 0 Å². The third kappa shape index (κ3) is 3.07. The second-order valence-electron chi connectivity index (χ2n) is 4.91. The number of halogens is 1. The lowest BCUT2D eigenvalue weighted by Crippen LogP contribution is -2.41. The van der Waals surface area contributed by atoms with Crippen LogP contribution < -0.4 is 5.73 Å². The molecule has 2 rings (SSSR count). The van der Waals surface area contributed by atoms with Gasteiger partial charge in [0.1, 0.15) is 5.82 Å². The monoisotopic (exact) mass is 252 g/mol. The summed E-state index contributed by atoms with van der Waals surface area (Å²) in [6, 6.07) is 5.53. The normalized spacial score (nSPS) is 16.0. The van der Waals surface area contributed by atoms with Crippen LogP contribution in [0.5, 0.6) is 0 Å². The van der Waals surface area contributed by atoms with Gasteiger partial charge in [-0.05, 0) is 24.5 Å². The van der Waals surface area contributed by atoms with E-state index >= 15 is 0 Å². The van der Waals surface area contributed by atoms with E-state index in [4.69, 9.17) is 10.8 Å². The highest BCUT2D eigenvalue weighted by atomic mass is 19.1. The highest BCUT2D eigenvalue weighted by molar-refractivity contribution is 5.25. The van der Waals surface area contributed by atoms with Crippen LogP contribution in [0.2, 0.25) is 0 Å². The van der Waals surface area contributed by atoms with Crippen LogP contribution >= 0.6 is 0 Å².